The maximum absolute atomic E-state index is 5.67. The summed E-state index contributed by atoms with van der Waals surface area (Å²) in [5, 5.41) is 0. The number of aromatic nitrogens is 2. The van der Waals surface area contributed by atoms with Gasteiger partial charge in [-0.25, -0.2) is 0 Å². The highest BCUT2D eigenvalue weighted by atomic mass is 16.5. The van der Waals surface area contributed by atoms with Gasteiger partial charge in [0, 0.05) is 19.2 Å². The molecule has 0 bridgehead atoms. The second kappa shape index (κ2) is 5.21. The van der Waals surface area contributed by atoms with E-state index >= 15 is 0 Å². The highest BCUT2D eigenvalue weighted by molar-refractivity contribution is 5.45. The van der Waals surface area contributed by atoms with Gasteiger partial charge in [0.15, 0.2) is 0 Å². The standard InChI is InChI=1S/C12H20N4O/c1-3-9-4-6-16(7-5-9)10-8-11(17-2)15-12(13)14-10/h8-9H,3-7H2,1-2H3,(H2,13,14,15). The lowest BCUT2D eigenvalue weighted by Gasteiger charge is -2.32. The molecule has 0 amide bonds. The summed E-state index contributed by atoms with van der Waals surface area (Å²) in [6, 6.07) is 1.85. The number of nitrogen functional groups attached to an aromatic ring is 1. The summed E-state index contributed by atoms with van der Waals surface area (Å²) in [5.74, 6) is 2.54. The minimum Gasteiger partial charge on any atom is -0.481 e. The fourth-order valence-electron chi connectivity index (χ4n) is 2.27. The Kier molecular flexibility index (Phi) is 3.66. The van der Waals surface area contributed by atoms with Crippen LogP contribution in [0.25, 0.3) is 0 Å². The highest BCUT2D eigenvalue weighted by Crippen LogP contribution is 2.25. The van der Waals surface area contributed by atoms with Crippen LogP contribution in [0, 0.1) is 5.92 Å². The van der Waals surface area contributed by atoms with Crippen LogP contribution in [0.5, 0.6) is 5.88 Å². The Balaban J connectivity index is 2.10. The zero-order valence-electron chi connectivity index (χ0n) is 10.5. The van der Waals surface area contributed by atoms with Crippen LogP contribution in [-0.4, -0.2) is 30.2 Å². The summed E-state index contributed by atoms with van der Waals surface area (Å²) >= 11 is 0. The number of piperidine rings is 1. The average molecular weight is 236 g/mol. The molecule has 2 heterocycles. The number of hydrogen-bond acceptors (Lipinski definition) is 5. The molecule has 0 aromatic carbocycles. The molecule has 5 nitrogen and oxygen atoms in total. The largest absolute Gasteiger partial charge is 0.481 e. The summed E-state index contributed by atoms with van der Waals surface area (Å²) in [6.07, 6.45) is 3.72. The summed E-state index contributed by atoms with van der Waals surface area (Å²) < 4.78 is 5.11. The second-order valence-electron chi connectivity index (χ2n) is 4.47. The number of methoxy groups -OCH3 is 1. The van der Waals surface area contributed by atoms with E-state index in [1.807, 2.05) is 6.07 Å². The third-order valence-corrected chi connectivity index (χ3v) is 3.43. The molecule has 0 saturated carbocycles. The summed E-state index contributed by atoms with van der Waals surface area (Å²) in [7, 11) is 1.59. The van der Waals surface area contributed by atoms with E-state index in [2.05, 4.69) is 21.8 Å². The van der Waals surface area contributed by atoms with E-state index in [-0.39, 0.29) is 5.95 Å². The quantitative estimate of drug-likeness (QED) is 0.865. The van der Waals surface area contributed by atoms with Crippen LogP contribution in [0.4, 0.5) is 11.8 Å². The van der Waals surface area contributed by atoms with E-state index in [0.29, 0.717) is 5.88 Å². The van der Waals surface area contributed by atoms with Gasteiger partial charge in [0.1, 0.15) is 5.82 Å². The number of anilines is 2. The molecular weight excluding hydrogens is 216 g/mol. The fraction of sp³-hybridized carbons (Fsp3) is 0.667. The number of ether oxygens (including phenoxy) is 1. The first-order valence-corrected chi connectivity index (χ1v) is 6.16. The molecule has 94 valence electrons. The van der Waals surface area contributed by atoms with Crippen molar-refractivity contribution in [3.05, 3.63) is 6.07 Å². The minimum atomic E-state index is 0.275. The molecule has 2 N–H and O–H groups in total. The first-order chi connectivity index (χ1) is 8.22. The van der Waals surface area contributed by atoms with Gasteiger partial charge in [0.25, 0.3) is 0 Å². The van der Waals surface area contributed by atoms with Crippen molar-refractivity contribution in [2.45, 2.75) is 26.2 Å². The lowest BCUT2D eigenvalue weighted by molar-refractivity contribution is 0.388. The Morgan fingerprint density at radius 2 is 2.12 bits per heavy atom. The Bertz CT molecular complexity index is 375. The first-order valence-electron chi connectivity index (χ1n) is 6.16. The molecule has 1 aliphatic heterocycles. The van der Waals surface area contributed by atoms with Crippen molar-refractivity contribution in [3.8, 4) is 5.88 Å². The predicted molar refractivity (Wildman–Crippen MR) is 68.2 cm³/mol. The van der Waals surface area contributed by atoms with Gasteiger partial charge in [-0.15, -0.1) is 0 Å². The predicted octanol–water partition coefficient (Wildman–Crippen LogP) is 1.69. The van der Waals surface area contributed by atoms with Crippen LogP contribution in [-0.2, 0) is 0 Å². The Morgan fingerprint density at radius 1 is 1.41 bits per heavy atom. The smallest absolute Gasteiger partial charge is 0.225 e. The fourth-order valence-corrected chi connectivity index (χ4v) is 2.27. The molecule has 0 atom stereocenters. The molecule has 1 fully saturated rings. The molecule has 1 saturated heterocycles. The normalized spacial score (nSPS) is 17.2. The third kappa shape index (κ3) is 2.78. The van der Waals surface area contributed by atoms with Crippen molar-refractivity contribution >= 4 is 11.8 Å². The van der Waals surface area contributed by atoms with Gasteiger partial charge in [-0.05, 0) is 18.8 Å². The molecule has 2 rings (SSSR count). The number of rotatable bonds is 3. The number of nitrogens with zero attached hydrogens (tertiary/aromatic N) is 3. The molecule has 1 aromatic rings. The molecule has 0 aliphatic carbocycles. The van der Waals surface area contributed by atoms with Crippen LogP contribution < -0.4 is 15.4 Å². The SMILES string of the molecule is CCC1CCN(c2cc(OC)nc(N)n2)CC1. The Hall–Kier alpha value is -1.52. The zero-order chi connectivity index (χ0) is 12.3. The number of nitrogens with two attached hydrogens (primary N) is 1. The van der Waals surface area contributed by atoms with E-state index < -0.39 is 0 Å². The van der Waals surface area contributed by atoms with Crippen molar-refractivity contribution in [3.63, 3.8) is 0 Å². The topological polar surface area (TPSA) is 64.3 Å². The van der Waals surface area contributed by atoms with Crippen molar-refractivity contribution in [1.82, 2.24) is 9.97 Å². The molecule has 5 heteroatoms. The van der Waals surface area contributed by atoms with E-state index in [4.69, 9.17) is 10.5 Å². The van der Waals surface area contributed by atoms with Crippen LogP contribution in [0.15, 0.2) is 6.07 Å². The summed E-state index contributed by atoms with van der Waals surface area (Å²) in [4.78, 5) is 10.5. The van der Waals surface area contributed by atoms with Gasteiger partial charge in [0.05, 0.1) is 7.11 Å². The van der Waals surface area contributed by atoms with E-state index in [1.165, 1.54) is 19.3 Å². The van der Waals surface area contributed by atoms with Crippen LogP contribution in [0.1, 0.15) is 26.2 Å². The average Bonchev–Trinajstić information content (AvgIpc) is 2.38. The van der Waals surface area contributed by atoms with Crippen molar-refractivity contribution in [2.75, 3.05) is 30.8 Å². The van der Waals surface area contributed by atoms with Gasteiger partial charge in [-0.1, -0.05) is 13.3 Å². The lowest BCUT2D eigenvalue weighted by atomic mass is 9.94. The maximum Gasteiger partial charge on any atom is 0.225 e. The molecule has 0 unspecified atom stereocenters. The molecular formula is C12H20N4O. The van der Waals surface area contributed by atoms with E-state index in [0.717, 1.165) is 24.8 Å². The van der Waals surface area contributed by atoms with Crippen LogP contribution >= 0.6 is 0 Å². The molecule has 0 spiro atoms. The van der Waals surface area contributed by atoms with Gasteiger partial charge in [0.2, 0.25) is 11.8 Å². The summed E-state index contributed by atoms with van der Waals surface area (Å²) in [6.45, 7) is 4.34. The van der Waals surface area contributed by atoms with Gasteiger partial charge >= 0.3 is 0 Å². The molecule has 0 radical (unpaired) electrons. The third-order valence-electron chi connectivity index (χ3n) is 3.43. The molecule has 1 aromatic heterocycles. The van der Waals surface area contributed by atoms with Crippen LogP contribution in [0.3, 0.4) is 0 Å². The summed E-state index contributed by atoms with van der Waals surface area (Å²) in [5.41, 5.74) is 5.67. The molecule has 17 heavy (non-hydrogen) atoms. The van der Waals surface area contributed by atoms with Crippen molar-refractivity contribution in [2.24, 2.45) is 5.92 Å². The van der Waals surface area contributed by atoms with Crippen molar-refractivity contribution < 1.29 is 4.74 Å². The zero-order valence-corrected chi connectivity index (χ0v) is 10.5. The maximum atomic E-state index is 5.67. The molecule has 1 aliphatic rings. The van der Waals surface area contributed by atoms with Gasteiger partial charge in [-0.2, -0.15) is 9.97 Å². The van der Waals surface area contributed by atoms with Crippen molar-refractivity contribution in [1.29, 1.82) is 0 Å². The Labute approximate surface area is 102 Å². The van der Waals surface area contributed by atoms with Gasteiger partial charge in [-0.3, -0.25) is 0 Å². The van der Waals surface area contributed by atoms with E-state index in [1.54, 1.807) is 7.11 Å². The van der Waals surface area contributed by atoms with E-state index in [9.17, 15) is 0 Å². The highest BCUT2D eigenvalue weighted by Gasteiger charge is 2.19. The first kappa shape index (κ1) is 12.0. The lowest BCUT2D eigenvalue weighted by Crippen LogP contribution is -2.34. The monoisotopic (exact) mass is 236 g/mol. The second-order valence-corrected chi connectivity index (χ2v) is 4.47. The minimum absolute atomic E-state index is 0.275. The van der Waals surface area contributed by atoms with Gasteiger partial charge < -0.3 is 15.4 Å². The Morgan fingerprint density at radius 3 is 2.71 bits per heavy atom. The van der Waals surface area contributed by atoms with Crippen LogP contribution in [0.2, 0.25) is 0 Å². The number of hydrogen-bond donors (Lipinski definition) is 1.